The third-order valence-corrected chi connectivity index (χ3v) is 3.85. The molecule has 0 radical (unpaired) electrons. The van der Waals surface area contributed by atoms with Crippen molar-refractivity contribution in [2.45, 2.75) is 39.7 Å². The zero-order valence-electron chi connectivity index (χ0n) is 12.0. The minimum atomic E-state index is 0.486. The predicted octanol–water partition coefficient (Wildman–Crippen LogP) is 5.33. The first-order valence-electron chi connectivity index (χ1n) is 7.24. The van der Waals surface area contributed by atoms with Crippen LogP contribution in [0.15, 0.2) is 42.5 Å². The Kier molecular flexibility index (Phi) is 3.06. The zero-order chi connectivity index (χ0) is 13.4. The molecular formula is C18H21N. The van der Waals surface area contributed by atoms with Crippen LogP contribution in [0.2, 0.25) is 0 Å². The molecule has 0 bridgehead atoms. The van der Waals surface area contributed by atoms with Crippen LogP contribution in [0.1, 0.15) is 38.8 Å². The van der Waals surface area contributed by atoms with Gasteiger partial charge in [0.1, 0.15) is 0 Å². The Bertz CT molecular complexity index is 719. The summed E-state index contributed by atoms with van der Waals surface area (Å²) in [4.78, 5) is 0. The number of para-hydroxylation sites is 2. The minimum absolute atomic E-state index is 0.486. The monoisotopic (exact) mass is 251 g/mol. The van der Waals surface area contributed by atoms with Gasteiger partial charge in [-0.05, 0) is 31.9 Å². The maximum atomic E-state index is 2.50. The third kappa shape index (κ3) is 1.85. The van der Waals surface area contributed by atoms with Crippen molar-refractivity contribution < 1.29 is 0 Å². The average molecular weight is 251 g/mol. The van der Waals surface area contributed by atoms with Gasteiger partial charge in [0.2, 0.25) is 0 Å². The molecular weight excluding hydrogens is 230 g/mol. The van der Waals surface area contributed by atoms with Gasteiger partial charge in [0.25, 0.3) is 0 Å². The lowest BCUT2D eigenvalue weighted by atomic mass is 10.1. The highest BCUT2D eigenvalue weighted by atomic mass is 15.0. The lowest BCUT2D eigenvalue weighted by Crippen LogP contribution is -2.02. The van der Waals surface area contributed by atoms with E-state index in [-0.39, 0.29) is 0 Å². The number of fused-ring (bicyclic) bond motifs is 3. The van der Waals surface area contributed by atoms with E-state index in [1.807, 2.05) is 0 Å². The van der Waals surface area contributed by atoms with Crippen molar-refractivity contribution in [1.82, 2.24) is 4.57 Å². The molecule has 1 nitrogen and oxygen atoms in total. The number of benzene rings is 2. The van der Waals surface area contributed by atoms with Gasteiger partial charge in [-0.1, -0.05) is 49.7 Å². The van der Waals surface area contributed by atoms with Gasteiger partial charge >= 0.3 is 0 Å². The molecule has 98 valence electrons. The fourth-order valence-corrected chi connectivity index (χ4v) is 3.13. The van der Waals surface area contributed by atoms with Crippen molar-refractivity contribution >= 4 is 21.8 Å². The minimum Gasteiger partial charge on any atom is -0.338 e. The van der Waals surface area contributed by atoms with Gasteiger partial charge in [-0.3, -0.25) is 0 Å². The Labute approximate surface area is 114 Å². The fourth-order valence-electron chi connectivity index (χ4n) is 3.13. The highest BCUT2D eigenvalue weighted by Crippen LogP contribution is 2.34. The van der Waals surface area contributed by atoms with Gasteiger partial charge in [0.05, 0.1) is 5.52 Å². The predicted molar refractivity (Wildman–Crippen MR) is 83.8 cm³/mol. The second-order valence-electron chi connectivity index (χ2n) is 5.54. The van der Waals surface area contributed by atoms with Crippen LogP contribution in [0.4, 0.5) is 0 Å². The molecule has 0 aliphatic heterocycles. The molecule has 3 rings (SSSR count). The first kappa shape index (κ1) is 12.3. The highest BCUT2D eigenvalue weighted by Gasteiger charge is 2.14. The van der Waals surface area contributed by atoms with Crippen LogP contribution in [0.3, 0.4) is 0 Å². The maximum Gasteiger partial charge on any atom is 0.0526 e. The molecule has 1 heteroatoms. The molecule has 0 unspecified atom stereocenters. The van der Waals surface area contributed by atoms with Crippen molar-refractivity contribution in [3.8, 4) is 0 Å². The molecule has 1 heterocycles. The normalized spacial score (nSPS) is 11.8. The standard InChI is InChI=1S/C18H21N/c1-4-8-14-9-7-11-16-15-10-5-6-12-17(15)19(13(2)3)18(14)16/h5-7,9-13H,4,8H2,1-3H3. The van der Waals surface area contributed by atoms with E-state index in [4.69, 9.17) is 0 Å². The summed E-state index contributed by atoms with van der Waals surface area (Å²) in [5.74, 6) is 0. The molecule has 0 saturated heterocycles. The van der Waals surface area contributed by atoms with Gasteiger partial charge < -0.3 is 4.57 Å². The second-order valence-corrected chi connectivity index (χ2v) is 5.54. The molecule has 3 aromatic rings. The molecule has 0 atom stereocenters. The molecule has 0 N–H and O–H groups in total. The SMILES string of the molecule is CCCc1cccc2c3ccccc3n(C(C)C)c12. The van der Waals surface area contributed by atoms with Gasteiger partial charge in [-0.15, -0.1) is 0 Å². The first-order valence-corrected chi connectivity index (χ1v) is 7.24. The zero-order valence-corrected chi connectivity index (χ0v) is 12.0. The summed E-state index contributed by atoms with van der Waals surface area (Å²) in [6.07, 6.45) is 2.35. The largest absolute Gasteiger partial charge is 0.338 e. The quantitative estimate of drug-likeness (QED) is 0.593. The topological polar surface area (TPSA) is 4.93 Å². The van der Waals surface area contributed by atoms with Crippen molar-refractivity contribution in [3.63, 3.8) is 0 Å². The number of aromatic nitrogens is 1. The van der Waals surface area contributed by atoms with Crippen LogP contribution in [0.25, 0.3) is 21.8 Å². The van der Waals surface area contributed by atoms with E-state index in [2.05, 4.69) is 67.8 Å². The molecule has 0 fully saturated rings. The van der Waals surface area contributed by atoms with E-state index in [1.54, 1.807) is 0 Å². The van der Waals surface area contributed by atoms with Crippen molar-refractivity contribution in [3.05, 3.63) is 48.0 Å². The summed E-state index contributed by atoms with van der Waals surface area (Å²) in [5.41, 5.74) is 4.27. The highest BCUT2D eigenvalue weighted by molar-refractivity contribution is 6.09. The number of rotatable bonds is 3. The lowest BCUT2D eigenvalue weighted by Gasteiger charge is -2.14. The Morgan fingerprint density at radius 2 is 1.68 bits per heavy atom. The van der Waals surface area contributed by atoms with Crippen LogP contribution >= 0.6 is 0 Å². The summed E-state index contributed by atoms with van der Waals surface area (Å²) in [6.45, 7) is 6.80. The Morgan fingerprint density at radius 1 is 0.947 bits per heavy atom. The van der Waals surface area contributed by atoms with Crippen LogP contribution in [-0.2, 0) is 6.42 Å². The van der Waals surface area contributed by atoms with Crippen LogP contribution < -0.4 is 0 Å². The van der Waals surface area contributed by atoms with Gasteiger partial charge in [0.15, 0.2) is 0 Å². The molecule has 0 aliphatic rings. The lowest BCUT2D eigenvalue weighted by molar-refractivity contribution is 0.640. The smallest absolute Gasteiger partial charge is 0.0526 e. The second kappa shape index (κ2) is 4.73. The summed E-state index contributed by atoms with van der Waals surface area (Å²) in [5, 5.41) is 2.78. The molecule has 1 aromatic heterocycles. The summed E-state index contributed by atoms with van der Waals surface area (Å²) < 4.78 is 2.50. The summed E-state index contributed by atoms with van der Waals surface area (Å²) in [7, 11) is 0. The molecule has 0 spiro atoms. The molecule has 2 aromatic carbocycles. The van der Waals surface area contributed by atoms with E-state index in [9.17, 15) is 0 Å². The van der Waals surface area contributed by atoms with E-state index in [0.29, 0.717) is 6.04 Å². The van der Waals surface area contributed by atoms with Crippen molar-refractivity contribution in [1.29, 1.82) is 0 Å². The Morgan fingerprint density at radius 3 is 2.42 bits per heavy atom. The first-order chi connectivity index (χ1) is 9.24. The Hall–Kier alpha value is -1.76. The van der Waals surface area contributed by atoms with E-state index in [0.717, 1.165) is 6.42 Å². The Balaban J connectivity index is 2.49. The fraction of sp³-hybridized carbons (Fsp3) is 0.333. The van der Waals surface area contributed by atoms with Gasteiger partial charge in [0, 0.05) is 22.3 Å². The van der Waals surface area contributed by atoms with Gasteiger partial charge in [-0.25, -0.2) is 0 Å². The van der Waals surface area contributed by atoms with E-state index >= 15 is 0 Å². The molecule has 19 heavy (non-hydrogen) atoms. The van der Waals surface area contributed by atoms with Crippen molar-refractivity contribution in [2.24, 2.45) is 0 Å². The average Bonchev–Trinajstić information content (AvgIpc) is 2.75. The number of hydrogen-bond donors (Lipinski definition) is 0. The van der Waals surface area contributed by atoms with Crippen LogP contribution in [0, 0.1) is 0 Å². The maximum absolute atomic E-state index is 2.50. The third-order valence-electron chi connectivity index (χ3n) is 3.85. The molecule has 0 saturated carbocycles. The van der Waals surface area contributed by atoms with E-state index < -0.39 is 0 Å². The molecule has 0 aliphatic carbocycles. The summed E-state index contributed by atoms with van der Waals surface area (Å²) >= 11 is 0. The van der Waals surface area contributed by atoms with Gasteiger partial charge in [-0.2, -0.15) is 0 Å². The van der Waals surface area contributed by atoms with Crippen LogP contribution in [-0.4, -0.2) is 4.57 Å². The number of nitrogens with zero attached hydrogens (tertiary/aromatic N) is 1. The number of aryl methyl sites for hydroxylation is 1. The van der Waals surface area contributed by atoms with E-state index in [1.165, 1.54) is 33.8 Å². The van der Waals surface area contributed by atoms with Crippen molar-refractivity contribution in [2.75, 3.05) is 0 Å². The number of hydrogen-bond acceptors (Lipinski definition) is 0. The summed E-state index contributed by atoms with van der Waals surface area (Å²) in [6, 6.07) is 16.0. The van der Waals surface area contributed by atoms with Crippen LogP contribution in [0.5, 0.6) is 0 Å². The molecule has 0 amide bonds.